The van der Waals surface area contributed by atoms with Crippen LogP contribution in [0.3, 0.4) is 0 Å². The van der Waals surface area contributed by atoms with E-state index in [4.69, 9.17) is 0 Å². The molecule has 44 heavy (non-hydrogen) atoms. The molecule has 2 nitrogen and oxygen atoms in total. The van der Waals surface area contributed by atoms with Gasteiger partial charge < -0.3 is 9.47 Å². The van der Waals surface area contributed by atoms with E-state index in [2.05, 4.69) is 143 Å². The average molecular weight is 571 g/mol. The molecule has 1 aliphatic heterocycles. The van der Waals surface area contributed by atoms with Gasteiger partial charge in [-0.25, -0.2) is 0 Å². The lowest BCUT2D eigenvalue weighted by Gasteiger charge is -2.36. The Morgan fingerprint density at radius 1 is 0.727 bits per heavy atom. The summed E-state index contributed by atoms with van der Waals surface area (Å²) in [6.45, 7) is 0. The molecule has 0 amide bonds. The molecule has 0 fully saturated rings. The van der Waals surface area contributed by atoms with Gasteiger partial charge in [-0.1, -0.05) is 121 Å². The fourth-order valence-corrected chi connectivity index (χ4v) is 8.68. The van der Waals surface area contributed by atoms with Crippen LogP contribution in [0.4, 0.5) is 5.69 Å². The summed E-state index contributed by atoms with van der Waals surface area (Å²) in [4.78, 5) is 2.74. The van der Waals surface area contributed by atoms with Gasteiger partial charge in [0.1, 0.15) is 0 Å². The second-order valence-electron chi connectivity index (χ2n) is 13.0. The number of para-hydroxylation sites is 2. The minimum Gasteiger partial charge on any atom is -0.357 e. The molecule has 0 spiro atoms. The number of hydrogen-bond acceptors (Lipinski definition) is 1. The summed E-state index contributed by atoms with van der Waals surface area (Å²) in [5.74, 6) is 1.22. The molecule has 2 heterocycles. The summed E-state index contributed by atoms with van der Waals surface area (Å²) in [7, 11) is 0. The van der Waals surface area contributed by atoms with Crippen molar-refractivity contribution in [3.8, 4) is 0 Å². The van der Waals surface area contributed by atoms with Crippen molar-refractivity contribution >= 4 is 39.5 Å². The van der Waals surface area contributed by atoms with Crippen LogP contribution in [0.5, 0.6) is 0 Å². The van der Waals surface area contributed by atoms with E-state index in [0.717, 1.165) is 25.7 Å². The van der Waals surface area contributed by atoms with Gasteiger partial charge in [-0.15, -0.1) is 0 Å². The van der Waals surface area contributed by atoms with Gasteiger partial charge in [0.15, 0.2) is 0 Å². The van der Waals surface area contributed by atoms with Crippen LogP contribution in [-0.4, -0.2) is 16.7 Å². The topological polar surface area (TPSA) is 8.17 Å². The largest absolute Gasteiger partial charge is 0.357 e. The van der Waals surface area contributed by atoms with Gasteiger partial charge in [0, 0.05) is 27.6 Å². The van der Waals surface area contributed by atoms with E-state index in [-0.39, 0.29) is 0 Å². The number of allylic oxidation sites excluding steroid dienone is 8. The van der Waals surface area contributed by atoms with Crippen LogP contribution in [0, 0.1) is 11.8 Å². The predicted molar refractivity (Wildman–Crippen MR) is 185 cm³/mol. The van der Waals surface area contributed by atoms with Crippen molar-refractivity contribution in [1.82, 2.24) is 4.57 Å². The first-order valence-electron chi connectivity index (χ1n) is 16.5. The summed E-state index contributed by atoms with van der Waals surface area (Å²) < 4.78 is 2.64. The van der Waals surface area contributed by atoms with Crippen LogP contribution in [0.25, 0.3) is 33.8 Å². The molecule has 4 aromatic rings. The van der Waals surface area contributed by atoms with Crippen LogP contribution in [0.1, 0.15) is 49.7 Å². The highest BCUT2D eigenvalue weighted by atomic mass is 15.2. The monoisotopic (exact) mass is 570 g/mol. The second-order valence-corrected chi connectivity index (χ2v) is 13.0. The first kappa shape index (κ1) is 25.9. The normalized spacial score (nSPS) is 25.3. The Hall–Kier alpha value is -4.56. The molecule has 4 unspecified atom stereocenters. The Balaban J connectivity index is 1.22. The number of hydrogen-bond donors (Lipinski definition) is 0. The molecular weight excluding hydrogens is 532 g/mol. The van der Waals surface area contributed by atoms with Gasteiger partial charge in [-0.3, -0.25) is 0 Å². The number of benzene rings is 3. The number of aromatic nitrogens is 1. The SMILES string of the molecule is C1=CCC(C2C=C(n3c4c(c5ccccc53)=C3c5ccccc5N(C5C=C(c6ccccc6)C=CC5)C3CC=4)CCC2)C=C1. The Labute approximate surface area is 260 Å². The quantitative estimate of drug-likeness (QED) is 0.239. The first-order chi connectivity index (χ1) is 21.8. The minimum absolute atomic E-state index is 0.321. The third-order valence-electron chi connectivity index (χ3n) is 10.6. The smallest absolute Gasteiger partial charge is 0.0597 e. The molecule has 1 aromatic heterocycles. The standard InChI is InChI=1S/C42H38N2/c1-3-13-29(14-4-1)31-17-11-19-33(27-31)43-37-23-9-7-21-35(37)41-39(43)25-26-40-42(41)36-22-8-10-24-38(36)44(40)34-20-12-18-32(28-34)30-15-5-2-6-16-30/h1-11,13-15,17,21-24,26-28,30,32-33,39H,12,16,18-20,25H2. The summed E-state index contributed by atoms with van der Waals surface area (Å²) >= 11 is 0. The van der Waals surface area contributed by atoms with Crippen molar-refractivity contribution in [3.05, 3.63) is 149 Å². The van der Waals surface area contributed by atoms with Crippen LogP contribution >= 0.6 is 0 Å². The van der Waals surface area contributed by atoms with Gasteiger partial charge in [-0.05, 0) is 79.2 Å². The highest BCUT2D eigenvalue weighted by Gasteiger charge is 2.39. The predicted octanol–water partition coefficient (Wildman–Crippen LogP) is 8.40. The molecule has 216 valence electrons. The zero-order valence-electron chi connectivity index (χ0n) is 25.1. The fraction of sp³-hybridized carbons (Fsp3) is 0.238. The van der Waals surface area contributed by atoms with Crippen molar-refractivity contribution in [1.29, 1.82) is 0 Å². The number of nitrogens with zero attached hydrogens (tertiary/aromatic N) is 2. The molecule has 0 N–H and O–H groups in total. The van der Waals surface area contributed by atoms with Crippen LogP contribution in [0.2, 0.25) is 0 Å². The third-order valence-corrected chi connectivity index (χ3v) is 10.6. The van der Waals surface area contributed by atoms with E-state index in [0.29, 0.717) is 23.9 Å². The van der Waals surface area contributed by atoms with Crippen LogP contribution in [-0.2, 0) is 0 Å². The van der Waals surface area contributed by atoms with Crippen molar-refractivity contribution < 1.29 is 0 Å². The maximum absolute atomic E-state index is 2.74. The van der Waals surface area contributed by atoms with E-state index in [9.17, 15) is 0 Å². The molecule has 5 aliphatic rings. The maximum atomic E-state index is 2.74. The van der Waals surface area contributed by atoms with Crippen molar-refractivity contribution in [2.75, 3.05) is 4.90 Å². The third kappa shape index (κ3) is 4.08. The molecule has 0 radical (unpaired) electrons. The molecule has 3 aromatic carbocycles. The molecule has 4 aliphatic carbocycles. The summed E-state index contributed by atoms with van der Waals surface area (Å²) in [6, 6.07) is 29.9. The Morgan fingerprint density at radius 2 is 1.59 bits per heavy atom. The van der Waals surface area contributed by atoms with E-state index < -0.39 is 0 Å². The number of rotatable bonds is 4. The number of anilines is 1. The summed E-state index contributed by atoms with van der Waals surface area (Å²) in [5.41, 5.74) is 9.78. The lowest BCUT2D eigenvalue weighted by Crippen LogP contribution is -2.45. The molecule has 0 saturated carbocycles. The molecule has 4 atom stereocenters. The van der Waals surface area contributed by atoms with Crippen molar-refractivity contribution in [3.63, 3.8) is 0 Å². The molecule has 0 bridgehead atoms. The van der Waals surface area contributed by atoms with Crippen LogP contribution < -0.4 is 15.5 Å². The Kier molecular flexibility index (Phi) is 6.21. The lowest BCUT2D eigenvalue weighted by molar-refractivity contribution is 0.422. The second kappa shape index (κ2) is 10.6. The zero-order valence-corrected chi connectivity index (χ0v) is 25.1. The highest BCUT2D eigenvalue weighted by molar-refractivity contribution is 5.96. The Bertz CT molecular complexity index is 2050. The van der Waals surface area contributed by atoms with Crippen molar-refractivity contribution in [2.45, 2.75) is 50.6 Å². The van der Waals surface area contributed by atoms with Gasteiger partial charge in [-0.2, -0.15) is 0 Å². The summed E-state index contributed by atoms with van der Waals surface area (Å²) in [5, 5.41) is 4.25. The van der Waals surface area contributed by atoms with Gasteiger partial charge in [0.25, 0.3) is 0 Å². The molecule has 0 saturated heterocycles. The number of fused-ring (bicyclic) bond motifs is 6. The minimum atomic E-state index is 0.321. The van der Waals surface area contributed by atoms with Gasteiger partial charge >= 0.3 is 0 Å². The highest BCUT2D eigenvalue weighted by Crippen LogP contribution is 2.45. The average Bonchev–Trinajstić information content (AvgIpc) is 3.62. The first-order valence-corrected chi connectivity index (χ1v) is 16.5. The zero-order chi connectivity index (χ0) is 29.0. The van der Waals surface area contributed by atoms with E-state index >= 15 is 0 Å². The Morgan fingerprint density at radius 3 is 2.50 bits per heavy atom. The van der Waals surface area contributed by atoms with Crippen LogP contribution in [0.15, 0.2) is 127 Å². The van der Waals surface area contributed by atoms with Gasteiger partial charge in [0.2, 0.25) is 0 Å². The molecule has 9 rings (SSSR count). The van der Waals surface area contributed by atoms with E-state index in [1.54, 1.807) is 0 Å². The molecular formula is C42H38N2. The summed E-state index contributed by atoms with van der Waals surface area (Å²) in [6.07, 6.45) is 28.5. The van der Waals surface area contributed by atoms with E-state index in [1.807, 2.05) is 0 Å². The fourth-order valence-electron chi connectivity index (χ4n) is 8.68. The van der Waals surface area contributed by atoms with Gasteiger partial charge in [0.05, 0.1) is 22.9 Å². The van der Waals surface area contributed by atoms with E-state index in [1.165, 1.54) is 68.0 Å². The lowest BCUT2D eigenvalue weighted by atomic mass is 9.80. The van der Waals surface area contributed by atoms with Crippen molar-refractivity contribution in [2.24, 2.45) is 11.8 Å². The maximum Gasteiger partial charge on any atom is 0.0597 e. The molecule has 2 heteroatoms.